The summed E-state index contributed by atoms with van der Waals surface area (Å²) in [4.78, 5) is 22.0. The molecular formula is C14H19ClN2O3. The number of amides is 1. The molecule has 1 rings (SSSR count). The molecule has 1 aromatic carbocycles. The van der Waals surface area contributed by atoms with Crippen LogP contribution >= 0.6 is 11.6 Å². The molecule has 1 amide bonds. The molecule has 0 saturated heterocycles. The van der Waals surface area contributed by atoms with Crippen molar-refractivity contribution in [1.29, 1.82) is 0 Å². The standard InChI is InChI=1S/C14H19ClN2O3/c1-14(2,3)8-11(15)9-16-13(18)10-5-4-6-12(7-10)17(19)20/h4-7,11H,8-9H2,1-3H3,(H,16,18). The Morgan fingerprint density at radius 3 is 2.65 bits per heavy atom. The molecule has 0 fully saturated rings. The van der Waals surface area contributed by atoms with E-state index in [4.69, 9.17) is 11.6 Å². The van der Waals surface area contributed by atoms with Gasteiger partial charge in [0.1, 0.15) is 0 Å². The average Bonchev–Trinajstić information content (AvgIpc) is 2.34. The van der Waals surface area contributed by atoms with Gasteiger partial charge >= 0.3 is 0 Å². The van der Waals surface area contributed by atoms with Crippen molar-refractivity contribution in [2.24, 2.45) is 5.41 Å². The van der Waals surface area contributed by atoms with Crippen molar-refractivity contribution in [1.82, 2.24) is 5.32 Å². The summed E-state index contributed by atoms with van der Waals surface area (Å²) in [7, 11) is 0. The third-order valence-corrected chi connectivity index (χ3v) is 2.95. The minimum atomic E-state index is -0.527. The van der Waals surface area contributed by atoms with Gasteiger partial charge in [-0.25, -0.2) is 0 Å². The summed E-state index contributed by atoms with van der Waals surface area (Å²) in [5.41, 5.74) is 0.247. The van der Waals surface area contributed by atoms with E-state index in [1.807, 2.05) is 0 Å². The van der Waals surface area contributed by atoms with Gasteiger partial charge in [0.25, 0.3) is 11.6 Å². The van der Waals surface area contributed by atoms with Gasteiger partial charge in [-0.15, -0.1) is 11.6 Å². The Labute approximate surface area is 123 Å². The minimum Gasteiger partial charge on any atom is -0.351 e. The van der Waals surface area contributed by atoms with Crippen molar-refractivity contribution in [3.05, 3.63) is 39.9 Å². The summed E-state index contributed by atoms with van der Waals surface area (Å²) in [5.74, 6) is -0.353. The molecule has 0 spiro atoms. The normalized spacial score (nSPS) is 12.8. The van der Waals surface area contributed by atoms with E-state index in [2.05, 4.69) is 26.1 Å². The Morgan fingerprint density at radius 1 is 1.45 bits per heavy atom. The molecule has 0 aliphatic heterocycles. The lowest BCUT2D eigenvalue weighted by Crippen LogP contribution is -2.31. The molecule has 1 N–H and O–H groups in total. The molecule has 5 nitrogen and oxygen atoms in total. The lowest BCUT2D eigenvalue weighted by molar-refractivity contribution is -0.384. The van der Waals surface area contributed by atoms with Gasteiger partial charge in [0, 0.05) is 24.2 Å². The van der Waals surface area contributed by atoms with Gasteiger partial charge in [-0.2, -0.15) is 0 Å². The maximum Gasteiger partial charge on any atom is 0.270 e. The van der Waals surface area contributed by atoms with Crippen molar-refractivity contribution in [2.75, 3.05) is 6.54 Å². The summed E-state index contributed by atoms with van der Waals surface area (Å²) >= 11 is 6.16. The van der Waals surface area contributed by atoms with Crippen LogP contribution in [0, 0.1) is 15.5 Å². The predicted molar refractivity (Wildman–Crippen MR) is 79.1 cm³/mol. The van der Waals surface area contributed by atoms with Gasteiger partial charge in [-0.05, 0) is 17.9 Å². The van der Waals surface area contributed by atoms with Gasteiger partial charge in [0.15, 0.2) is 0 Å². The van der Waals surface area contributed by atoms with Gasteiger partial charge in [-0.3, -0.25) is 14.9 Å². The summed E-state index contributed by atoms with van der Waals surface area (Å²) in [6.07, 6.45) is 0.768. The van der Waals surface area contributed by atoms with E-state index in [1.165, 1.54) is 24.3 Å². The number of benzene rings is 1. The van der Waals surface area contributed by atoms with E-state index in [0.717, 1.165) is 6.42 Å². The van der Waals surface area contributed by atoms with Crippen LogP contribution in [0.2, 0.25) is 0 Å². The molecule has 6 heteroatoms. The zero-order chi connectivity index (χ0) is 15.3. The highest BCUT2D eigenvalue weighted by Gasteiger charge is 2.18. The lowest BCUT2D eigenvalue weighted by atomic mass is 9.90. The van der Waals surface area contributed by atoms with Gasteiger partial charge in [0.05, 0.1) is 10.3 Å². The predicted octanol–water partition coefficient (Wildman–Crippen LogP) is 3.37. The summed E-state index contributed by atoms with van der Waals surface area (Å²) in [6.45, 7) is 6.56. The van der Waals surface area contributed by atoms with Crippen molar-refractivity contribution in [2.45, 2.75) is 32.6 Å². The van der Waals surface area contributed by atoms with Crippen molar-refractivity contribution >= 4 is 23.2 Å². The SMILES string of the molecule is CC(C)(C)CC(Cl)CNC(=O)c1cccc([N+](=O)[O-])c1. The zero-order valence-electron chi connectivity index (χ0n) is 11.9. The van der Waals surface area contributed by atoms with E-state index in [9.17, 15) is 14.9 Å². The highest BCUT2D eigenvalue weighted by molar-refractivity contribution is 6.21. The van der Waals surface area contributed by atoms with Gasteiger partial charge < -0.3 is 5.32 Å². The number of nitrogens with one attached hydrogen (secondary N) is 1. The third kappa shape index (κ3) is 5.57. The van der Waals surface area contributed by atoms with E-state index in [0.29, 0.717) is 6.54 Å². The Hall–Kier alpha value is -1.62. The Balaban J connectivity index is 2.59. The second-order valence-corrected chi connectivity index (χ2v) is 6.50. The fourth-order valence-electron chi connectivity index (χ4n) is 1.80. The Bertz CT molecular complexity index is 497. The molecule has 0 aliphatic carbocycles. The molecule has 1 aromatic rings. The number of halogens is 1. The number of non-ortho nitro benzene ring substituents is 1. The quantitative estimate of drug-likeness (QED) is 0.514. The van der Waals surface area contributed by atoms with Crippen LogP contribution in [-0.2, 0) is 0 Å². The summed E-state index contributed by atoms with van der Waals surface area (Å²) in [5, 5.41) is 13.2. The molecule has 110 valence electrons. The average molecular weight is 299 g/mol. The Morgan fingerprint density at radius 2 is 2.10 bits per heavy atom. The number of alkyl halides is 1. The van der Waals surface area contributed by atoms with Crippen LogP contribution in [-0.4, -0.2) is 22.8 Å². The molecule has 0 saturated carbocycles. The smallest absolute Gasteiger partial charge is 0.270 e. The van der Waals surface area contributed by atoms with E-state index in [1.54, 1.807) is 0 Å². The zero-order valence-corrected chi connectivity index (χ0v) is 12.6. The van der Waals surface area contributed by atoms with E-state index >= 15 is 0 Å². The molecule has 0 bridgehead atoms. The first-order valence-electron chi connectivity index (χ1n) is 6.36. The maximum absolute atomic E-state index is 11.9. The van der Waals surface area contributed by atoms with Crippen LogP contribution in [0.5, 0.6) is 0 Å². The van der Waals surface area contributed by atoms with Crippen molar-refractivity contribution in [3.8, 4) is 0 Å². The Kier molecular flexibility index (Phi) is 5.51. The highest BCUT2D eigenvalue weighted by Crippen LogP contribution is 2.23. The molecular weight excluding hydrogens is 280 g/mol. The van der Waals surface area contributed by atoms with Gasteiger partial charge in [0.2, 0.25) is 0 Å². The molecule has 1 atom stereocenters. The largest absolute Gasteiger partial charge is 0.351 e. The lowest BCUT2D eigenvalue weighted by Gasteiger charge is -2.21. The first-order chi connectivity index (χ1) is 9.19. The monoisotopic (exact) mass is 298 g/mol. The molecule has 1 unspecified atom stereocenters. The fraction of sp³-hybridized carbons (Fsp3) is 0.500. The maximum atomic E-state index is 11.9. The number of hydrogen-bond acceptors (Lipinski definition) is 3. The number of nitrogens with zero attached hydrogens (tertiary/aromatic N) is 1. The number of carbonyl (C=O) groups is 1. The van der Waals surface area contributed by atoms with Crippen molar-refractivity contribution < 1.29 is 9.72 Å². The summed E-state index contributed by atoms with van der Waals surface area (Å²) in [6, 6.07) is 5.62. The second kappa shape index (κ2) is 6.70. The number of hydrogen-bond donors (Lipinski definition) is 1. The molecule has 0 heterocycles. The van der Waals surface area contributed by atoms with Crippen LogP contribution < -0.4 is 5.32 Å². The number of carbonyl (C=O) groups excluding carboxylic acids is 1. The van der Waals surface area contributed by atoms with Crippen LogP contribution in [0.3, 0.4) is 0 Å². The first kappa shape index (κ1) is 16.4. The number of rotatable bonds is 5. The van der Waals surface area contributed by atoms with Crippen LogP contribution in [0.25, 0.3) is 0 Å². The van der Waals surface area contributed by atoms with E-state index < -0.39 is 4.92 Å². The fourth-order valence-corrected chi connectivity index (χ4v) is 2.34. The number of nitro benzene ring substituents is 1. The summed E-state index contributed by atoms with van der Waals surface area (Å²) < 4.78 is 0. The molecule has 20 heavy (non-hydrogen) atoms. The highest BCUT2D eigenvalue weighted by atomic mass is 35.5. The van der Waals surface area contributed by atoms with E-state index in [-0.39, 0.29) is 28.0 Å². The van der Waals surface area contributed by atoms with Crippen LogP contribution in [0.15, 0.2) is 24.3 Å². The van der Waals surface area contributed by atoms with Crippen molar-refractivity contribution in [3.63, 3.8) is 0 Å². The van der Waals surface area contributed by atoms with Crippen LogP contribution in [0.1, 0.15) is 37.6 Å². The molecule has 0 aliphatic rings. The molecule has 0 aromatic heterocycles. The van der Waals surface area contributed by atoms with Crippen LogP contribution in [0.4, 0.5) is 5.69 Å². The van der Waals surface area contributed by atoms with Gasteiger partial charge in [-0.1, -0.05) is 26.8 Å². The first-order valence-corrected chi connectivity index (χ1v) is 6.79. The third-order valence-electron chi connectivity index (χ3n) is 2.64. The molecule has 0 radical (unpaired) electrons. The second-order valence-electron chi connectivity index (χ2n) is 5.88. The number of nitro groups is 1. The topological polar surface area (TPSA) is 72.2 Å². The minimum absolute atomic E-state index is 0.0860.